The molecule has 8 nitrogen and oxygen atoms in total. The molecular formula is C14H26N2O6. The fraction of sp³-hybridized carbons (Fsp3) is 0.786. The lowest BCUT2D eigenvalue weighted by Crippen LogP contribution is -2.42. The van der Waals surface area contributed by atoms with Crippen LogP contribution in [0, 0.1) is 0 Å². The molecule has 0 fully saturated rings. The summed E-state index contributed by atoms with van der Waals surface area (Å²) in [5, 5.41) is 9.42. The van der Waals surface area contributed by atoms with Gasteiger partial charge in [0.1, 0.15) is 5.60 Å². The molecule has 0 aliphatic carbocycles. The van der Waals surface area contributed by atoms with E-state index in [4.69, 9.17) is 14.7 Å². The zero-order valence-electron chi connectivity index (χ0n) is 13.9. The number of carbonyl (C=O) groups excluding carboxylic acids is 2. The van der Waals surface area contributed by atoms with Gasteiger partial charge in [-0.25, -0.2) is 9.59 Å². The van der Waals surface area contributed by atoms with Crippen molar-refractivity contribution in [2.75, 3.05) is 19.6 Å². The number of amides is 2. The van der Waals surface area contributed by atoms with Crippen LogP contribution in [0.15, 0.2) is 0 Å². The van der Waals surface area contributed by atoms with E-state index in [1.165, 1.54) is 4.90 Å². The molecule has 0 atom stereocenters. The zero-order chi connectivity index (χ0) is 17.3. The van der Waals surface area contributed by atoms with Crippen LogP contribution in [0.2, 0.25) is 0 Å². The van der Waals surface area contributed by atoms with Crippen molar-refractivity contribution in [3.05, 3.63) is 0 Å². The summed E-state index contributed by atoms with van der Waals surface area (Å²) in [7, 11) is 0. The molecule has 0 spiro atoms. The molecule has 0 unspecified atom stereocenters. The Hall–Kier alpha value is -1.99. The molecule has 0 rings (SSSR count). The summed E-state index contributed by atoms with van der Waals surface area (Å²) < 4.78 is 5.15. The third-order valence-corrected chi connectivity index (χ3v) is 2.56. The van der Waals surface area contributed by atoms with Crippen LogP contribution in [-0.2, 0) is 14.4 Å². The van der Waals surface area contributed by atoms with E-state index in [9.17, 15) is 14.4 Å². The first-order chi connectivity index (χ1) is 10.1. The second-order valence-electron chi connectivity index (χ2n) is 5.61. The smallest absolute Gasteiger partial charge is 0.443 e. The van der Waals surface area contributed by atoms with Crippen molar-refractivity contribution in [2.24, 2.45) is 0 Å². The standard InChI is InChI=1S/C14H26N2O6/c1-6-15(7-2)12(19)22-16(10-8-9-11(17)18)13(20)21-14(3,4)5/h6-10H2,1-5H3,(H,17,18). The molecule has 0 heterocycles. The summed E-state index contributed by atoms with van der Waals surface area (Å²) in [6.07, 6.45) is -1.48. The number of hydrogen-bond acceptors (Lipinski definition) is 5. The normalized spacial score (nSPS) is 10.8. The number of hydroxylamine groups is 2. The molecule has 2 amide bonds. The van der Waals surface area contributed by atoms with Gasteiger partial charge in [-0.15, -0.1) is 5.06 Å². The topological polar surface area (TPSA) is 96.4 Å². The van der Waals surface area contributed by atoms with Gasteiger partial charge in [-0.05, 0) is 41.0 Å². The van der Waals surface area contributed by atoms with Crippen molar-refractivity contribution in [1.29, 1.82) is 0 Å². The largest absolute Gasteiger partial charge is 0.481 e. The lowest BCUT2D eigenvalue weighted by molar-refractivity contribution is -0.138. The lowest BCUT2D eigenvalue weighted by Gasteiger charge is -2.27. The van der Waals surface area contributed by atoms with Crippen LogP contribution in [0.5, 0.6) is 0 Å². The molecule has 0 saturated carbocycles. The minimum Gasteiger partial charge on any atom is -0.481 e. The zero-order valence-corrected chi connectivity index (χ0v) is 13.9. The maximum atomic E-state index is 12.0. The summed E-state index contributed by atoms with van der Waals surface area (Å²) >= 11 is 0. The number of rotatable bonds is 6. The molecule has 0 aromatic carbocycles. The molecule has 0 radical (unpaired) electrons. The van der Waals surface area contributed by atoms with E-state index in [0.717, 1.165) is 5.06 Å². The number of carboxylic acids is 1. The highest BCUT2D eigenvalue weighted by atomic mass is 16.8. The predicted octanol–water partition coefficient (Wildman–Crippen LogP) is 2.48. The number of hydrogen-bond donors (Lipinski definition) is 1. The molecule has 0 aliphatic rings. The Balaban J connectivity index is 4.80. The van der Waals surface area contributed by atoms with Gasteiger partial charge in [-0.2, -0.15) is 0 Å². The fourth-order valence-corrected chi connectivity index (χ4v) is 1.49. The van der Waals surface area contributed by atoms with Gasteiger partial charge >= 0.3 is 18.2 Å². The molecular weight excluding hydrogens is 292 g/mol. The monoisotopic (exact) mass is 318 g/mol. The second kappa shape index (κ2) is 9.11. The van der Waals surface area contributed by atoms with Gasteiger partial charge in [0.2, 0.25) is 0 Å². The SMILES string of the molecule is CCN(CC)C(=O)ON(CCCC(=O)O)C(=O)OC(C)(C)C. The molecule has 22 heavy (non-hydrogen) atoms. The Morgan fingerprint density at radius 3 is 2.00 bits per heavy atom. The molecule has 0 bridgehead atoms. The minimum absolute atomic E-state index is 0.0474. The molecule has 8 heteroatoms. The maximum absolute atomic E-state index is 12.0. The van der Waals surface area contributed by atoms with Crippen LogP contribution < -0.4 is 0 Å². The number of nitrogens with zero attached hydrogens (tertiary/aromatic N) is 2. The minimum atomic E-state index is -0.987. The molecule has 0 aliphatic heterocycles. The first-order valence-corrected chi connectivity index (χ1v) is 7.29. The highest BCUT2D eigenvalue weighted by Gasteiger charge is 2.26. The van der Waals surface area contributed by atoms with Gasteiger partial charge in [0.25, 0.3) is 0 Å². The summed E-state index contributed by atoms with van der Waals surface area (Å²) in [5.41, 5.74) is -0.746. The van der Waals surface area contributed by atoms with Crippen LogP contribution in [0.1, 0.15) is 47.5 Å². The van der Waals surface area contributed by atoms with Crippen LogP contribution in [-0.4, -0.2) is 58.5 Å². The number of ether oxygens (including phenoxy) is 1. The number of carboxylic acid groups (broad SMARTS) is 1. The van der Waals surface area contributed by atoms with Gasteiger partial charge in [0, 0.05) is 19.5 Å². The molecule has 1 N–H and O–H groups in total. The maximum Gasteiger partial charge on any atom is 0.443 e. The van der Waals surface area contributed by atoms with Gasteiger partial charge in [-0.3, -0.25) is 4.79 Å². The van der Waals surface area contributed by atoms with Crippen molar-refractivity contribution >= 4 is 18.2 Å². The second-order valence-corrected chi connectivity index (χ2v) is 5.61. The van der Waals surface area contributed by atoms with Crippen molar-refractivity contribution in [2.45, 2.75) is 53.1 Å². The third-order valence-electron chi connectivity index (χ3n) is 2.56. The highest BCUT2D eigenvalue weighted by Crippen LogP contribution is 2.12. The van der Waals surface area contributed by atoms with Crippen LogP contribution in [0.4, 0.5) is 9.59 Å². The van der Waals surface area contributed by atoms with Gasteiger partial charge in [-0.1, -0.05) is 0 Å². The predicted molar refractivity (Wildman–Crippen MR) is 79.2 cm³/mol. The first-order valence-electron chi connectivity index (χ1n) is 7.29. The van der Waals surface area contributed by atoms with Crippen molar-refractivity contribution < 1.29 is 29.1 Å². The highest BCUT2D eigenvalue weighted by molar-refractivity contribution is 5.72. The Morgan fingerprint density at radius 1 is 1.05 bits per heavy atom. The number of aliphatic carboxylic acids is 1. The molecule has 0 saturated heterocycles. The third kappa shape index (κ3) is 8.33. The van der Waals surface area contributed by atoms with Gasteiger partial charge in [0.05, 0.1) is 6.54 Å². The Kier molecular flexibility index (Phi) is 8.29. The van der Waals surface area contributed by atoms with Crippen LogP contribution in [0.3, 0.4) is 0 Å². The first kappa shape index (κ1) is 20.0. The van der Waals surface area contributed by atoms with Gasteiger partial charge < -0.3 is 19.6 Å². The fourth-order valence-electron chi connectivity index (χ4n) is 1.49. The van der Waals surface area contributed by atoms with Crippen molar-refractivity contribution in [3.63, 3.8) is 0 Å². The summed E-state index contributed by atoms with van der Waals surface area (Å²) in [5.74, 6) is -0.987. The quantitative estimate of drug-likeness (QED) is 0.756. The van der Waals surface area contributed by atoms with E-state index in [-0.39, 0.29) is 19.4 Å². The van der Waals surface area contributed by atoms with Gasteiger partial charge in [0.15, 0.2) is 0 Å². The number of carbonyl (C=O) groups is 3. The van der Waals surface area contributed by atoms with E-state index in [1.807, 2.05) is 0 Å². The molecule has 0 aromatic heterocycles. The molecule has 128 valence electrons. The van der Waals surface area contributed by atoms with E-state index < -0.39 is 23.8 Å². The van der Waals surface area contributed by atoms with Crippen molar-refractivity contribution in [1.82, 2.24) is 9.96 Å². The van der Waals surface area contributed by atoms with E-state index in [1.54, 1.807) is 34.6 Å². The Morgan fingerprint density at radius 2 is 1.59 bits per heavy atom. The van der Waals surface area contributed by atoms with E-state index in [2.05, 4.69) is 0 Å². The Bertz CT molecular complexity index is 387. The summed E-state index contributed by atoms with van der Waals surface area (Å²) in [6, 6.07) is 0. The summed E-state index contributed by atoms with van der Waals surface area (Å²) in [6.45, 7) is 9.46. The van der Waals surface area contributed by atoms with Crippen LogP contribution >= 0.6 is 0 Å². The average molecular weight is 318 g/mol. The summed E-state index contributed by atoms with van der Waals surface area (Å²) in [4.78, 5) is 40.9. The lowest BCUT2D eigenvalue weighted by atomic mass is 10.2. The Labute approximate surface area is 130 Å². The van der Waals surface area contributed by atoms with Crippen LogP contribution in [0.25, 0.3) is 0 Å². The van der Waals surface area contributed by atoms with E-state index >= 15 is 0 Å². The van der Waals surface area contributed by atoms with Crippen molar-refractivity contribution in [3.8, 4) is 0 Å². The van der Waals surface area contributed by atoms with E-state index in [0.29, 0.717) is 13.1 Å². The average Bonchev–Trinajstić information content (AvgIpc) is 2.36. The molecule has 0 aromatic rings.